The molecule has 0 N–H and O–H groups in total. The van der Waals surface area contributed by atoms with Crippen molar-refractivity contribution in [2.45, 2.75) is 44.3 Å². The Hall–Kier alpha value is 0.217. The van der Waals surface area contributed by atoms with E-state index in [4.69, 9.17) is 0 Å². The zero-order chi connectivity index (χ0) is 7.14. The number of hydrogen-bond acceptors (Lipinski definition) is 0. The predicted molar refractivity (Wildman–Crippen MR) is 48.1 cm³/mol. The summed E-state index contributed by atoms with van der Waals surface area (Å²) in [6.07, 6.45) is 6.38. The van der Waals surface area contributed by atoms with Crippen molar-refractivity contribution in [3.63, 3.8) is 0 Å². The maximum atomic E-state index is 2.53. The third-order valence-electron chi connectivity index (χ3n) is 3.65. The van der Waals surface area contributed by atoms with Gasteiger partial charge in [-0.25, -0.2) is 0 Å². The molecule has 2 saturated carbocycles. The summed E-state index contributed by atoms with van der Waals surface area (Å²) in [7, 11) is -0.268. The maximum absolute atomic E-state index is 2.53. The van der Waals surface area contributed by atoms with Crippen LogP contribution < -0.4 is 0 Å². The summed E-state index contributed by atoms with van der Waals surface area (Å²) in [4.78, 5) is 0. The zero-order valence-electron chi connectivity index (χ0n) is 7.14. The van der Waals surface area contributed by atoms with Gasteiger partial charge >= 0.3 is 0 Å². The van der Waals surface area contributed by atoms with Gasteiger partial charge in [-0.3, -0.25) is 0 Å². The molecule has 10 heavy (non-hydrogen) atoms. The Morgan fingerprint density at radius 1 is 1.10 bits per heavy atom. The lowest BCUT2D eigenvalue weighted by Gasteiger charge is -2.23. The quantitative estimate of drug-likeness (QED) is 0.509. The molecule has 2 aliphatic rings. The van der Waals surface area contributed by atoms with E-state index in [9.17, 15) is 0 Å². The molecule has 0 spiro atoms. The van der Waals surface area contributed by atoms with Gasteiger partial charge in [0.1, 0.15) is 0 Å². The molecule has 0 saturated heterocycles. The van der Waals surface area contributed by atoms with Gasteiger partial charge in [-0.2, -0.15) is 0 Å². The van der Waals surface area contributed by atoms with Crippen molar-refractivity contribution in [3.05, 3.63) is 0 Å². The SMILES string of the molecule is C[SiH](C)C1CC2CCC1C2. The maximum Gasteiger partial charge on any atom is 0.0340 e. The second-order valence-corrected chi connectivity index (χ2v) is 7.93. The molecule has 2 fully saturated rings. The van der Waals surface area contributed by atoms with Crippen LogP contribution in [0.3, 0.4) is 0 Å². The van der Waals surface area contributed by atoms with E-state index in [1.54, 1.807) is 25.7 Å². The van der Waals surface area contributed by atoms with Gasteiger partial charge in [-0.05, 0) is 30.2 Å². The fraction of sp³-hybridized carbons (Fsp3) is 1.00. The normalized spacial score (nSPS) is 45.3. The zero-order valence-corrected chi connectivity index (χ0v) is 8.29. The fourth-order valence-corrected chi connectivity index (χ4v) is 5.48. The van der Waals surface area contributed by atoms with E-state index in [-0.39, 0.29) is 8.80 Å². The highest BCUT2D eigenvalue weighted by atomic mass is 28.3. The molecule has 58 valence electrons. The Balaban J connectivity index is 2.02. The van der Waals surface area contributed by atoms with Crippen molar-refractivity contribution in [2.75, 3.05) is 0 Å². The minimum Gasteiger partial charge on any atom is -0.0720 e. The molecule has 2 rings (SSSR count). The summed E-state index contributed by atoms with van der Waals surface area (Å²) in [5, 5.41) is 0. The first-order valence-corrected chi connectivity index (χ1v) is 7.75. The number of rotatable bonds is 1. The lowest BCUT2D eigenvalue weighted by atomic mass is 10.0. The van der Waals surface area contributed by atoms with E-state index >= 15 is 0 Å². The second kappa shape index (κ2) is 2.37. The lowest BCUT2D eigenvalue weighted by Crippen LogP contribution is -2.17. The molecule has 2 aliphatic carbocycles. The Morgan fingerprint density at radius 3 is 2.20 bits per heavy atom. The molecule has 3 unspecified atom stereocenters. The van der Waals surface area contributed by atoms with Crippen molar-refractivity contribution in [3.8, 4) is 0 Å². The van der Waals surface area contributed by atoms with Gasteiger partial charge in [0.2, 0.25) is 0 Å². The van der Waals surface area contributed by atoms with E-state index < -0.39 is 0 Å². The summed E-state index contributed by atoms with van der Waals surface area (Å²) in [5.41, 5.74) is 1.23. The standard InChI is InChI=1S/C9H18Si/c1-10(2)9-6-7-3-4-8(9)5-7/h7-10H,3-6H2,1-2H3. The van der Waals surface area contributed by atoms with Gasteiger partial charge in [0, 0.05) is 8.80 Å². The Labute approximate surface area is 65.6 Å². The second-order valence-electron chi connectivity index (χ2n) is 4.58. The Bertz CT molecular complexity index is 131. The van der Waals surface area contributed by atoms with Crippen LogP contribution in [0.4, 0.5) is 0 Å². The minimum absolute atomic E-state index is 0.268. The third kappa shape index (κ3) is 0.951. The van der Waals surface area contributed by atoms with Crippen molar-refractivity contribution < 1.29 is 0 Å². The smallest absolute Gasteiger partial charge is 0.0340 e. The number of fused-ring (bicyclic) bond motifs is 2. The van der Waals surface area contributed by atoms with Crippen LogP contribution in [0.25, 0.3) is 0 Å². The van der Waals surface area contributed by atoms with Crippen LogP contribution >= 0.6 is 0 Å². The van der Waals surface area contributed by atoms with Crippen molar-refractivity contribution in [1.29, 1.82) is 0 Å². The molecular formula is C9H18Si. The van der Waals surface area contributed by atoms with Crippen LogP contribution in [0.2, 0.25) is 18.6 Å². The van der Waals surface area contributed by atoms with Crippen LogP contribution in [0.1, 0.15) is 25.7 Å². The Kier molecular flexibility index (Phi) is 1.63. The van der Waals surface area contributed by atoms with Gasteiger partial charge in [-0.15, -0.1) is 0 Å². The molecule has 1 heteroatoms. The fourth-order valence-electron chi connectivity index (χ4n) is 3.11. The van der Waals surface area contributed by atoms with Crippen LogP contribution in [0.15, 0.2) is 0 Å². The molecule has 2 bridgehead atoms. The van der Waals surface area contributed by atoms with E-state index in [0.717, 1.165) is 0 Å². The summed E-state index contributed by atoms with van der Waals surface area (Å²) < 4.78 is 0. The van der Waals surface area contributed by atoms with Gasteiger partial charge in [0.05, 0.1) is 0 Å². The molecular weight excluding hydrogens is 136 g/mol. The summed E-state index contributed by atoms with van der Waals surface area (Å²) >= 11 is 0. The van der Waals surface area contributed by atoms with Crippen molar-refractivity contribution >= 4 is 8.80 Å². The van der Waals surface area contributed by atoms with Crippen molar-refractivity contribution in [2.24, 2.45) is 11.8 Å². The van der Waals surface area contributed by atoms with E-state index in [1.807, 2.05) is 0 Å². The van der Waals surface area contributed by atoms with Gasteiger partial charge in [-0.1, -0.05) is 25.9 Å². The topological polar surface area (TPSA) is 0 Å². The molecule has 0 aromatic rings. The highest BCUT2D eigenvalue weighted by Gasteiger charge is 2.40. The molecule has 0 amide bonds. The van der Waals surface area contributed by atoms with E-state index in [2.05, 4.69) is 13.1 Å². The summed E-state index contributed by atoms with van der Waals surface area (Å²) in [6, 6.07) is 0. The molecule has 0 aromatic heterocycles. The van der Waals surface area contributed by atoms with Crippen molar-refractivity contribution in [1.82, 2.24) is 0 Å². The van der Waals surface area contributed by atoms with Crippen LogP contribution in [0.5, 0.6) is 0 Å². The van der Waals surface area contributed by atoms with E-state index in [0.29, 0.717) is 0 Å². The van der Waals surface area contributed by atoms with Crippen LogP contribution in [0, 0.1) is 11.8 Å². The first kappa shape index (κ1) is 6.90. The lowest BCUT2D eigenvalue weighted by molar-refractivity contribution is 0.474. The average molecular weight is 154 g/mol. The highest BCUT2D eigenvalue weighted by Crippen LogP contribution is 2.52. The monoisotopic (exact) mass is 154 g/mol. The van der Waals surface area contributed by atoms with Crippen LogP contribution in [-0.4, -0.2) is 8.80 Å². The minimum atomic E-state index is -0.268. The number of hydrogen-bond donors (Lipinski definition) is 0. The first-order chi connectivity index (χ1) is 4.77. The third-order valence-corrected chi connectivity index (χ3v) is 6.18. The average Bonchev–Trinajstić information content (AvgIpc) is 2.44. The molecule has 0 nitrogen and oxygen atoms in total. The highest BCUT2D eigenvalue weighted by molar-refractivity contribution is 6.57. The van der Waals surface area contributed by atoms with Gasteiger partial charge in [0.15, 0.2) is 0 Å². The summed E-state index contributed by atoms with van der Waals surface area (Å²) in [6.45, 7) is 5.07. The molecule has 3 atom stereocenters. The molecule has 0 heterocycles. The predicted octanol–water partition coefficient (Wildman–Crippen LogP) is 2.66. The molecule has 0 aliphatic heterocycles. The Morgan fingerprint density at radius 2 is 1.90 bits per heavy atom. The molecule has 0 radical (unpaired) electrons. The van der Waals surface area contributed by atoms with Crippen LogP contribution in [-0.2, 0) is 0 Å². The van der Waals surface area contributed by atoms with E-state index in [1.165, 1.54) is 17.4 Å². The summed E-state index contributed by atoms with van der Waals surface area (Å²) in [5.74, 6) is 2.36. The largest absolute Gasteiger partial charge is 0.0720 e. The first-order valence-electron chi connectivity index (χ1n) is 4.77. The molecule has 0 aromatic carbocycles. The van der Waals surface area contributed by atoms with Gasteiger partial charge in [0.25, 0.3) is 0 Å². The van der Waals surface area contributed by atoms with Gasteiger partial charge < -0.3 is 0 Å².